The average molecular weight is 339 g/mol. The Morgan fingerprint density at radius 2 is 1.95 bits per heavy atom. The molecule has 1 aromatic heterocycles. The average Bonchev–Trinajstić information content (AvgIpc) is 2.38. The molecule has 0 unspecified atom stereocenters. The van der Waals surface area contributed by atoms with E-state index in [0.717, 1.165) is 25.0 Å². The summed E-state index contributed by atoms with van der Waals surface area (Å²) in [6.45, 7) is 4.70. The lowest BCUT2D eigenvalue weighted by atomic mass is 10.1. The van der Waals surface area contributed by atoms with E-state index >= 15 is 0 Å². The Kier molecular flexibility index (Phi) is 6.10. The fraction of sp³-hybridized carbons (Fsp3) is 0.615. The van der Waals surface area contributed by atoms with E-state index in [4.69, 9.17) is 0 Å². The van der Waals surface area contributed by atoms with E-state index in [9.17, 15) is 13.2 Å². The van der Waals surface area contributed by atoms with Crippen LogP contribution in [0.2, 0.25) is 0 Å². The second kappa shape index (κ2) is 7.12. The highest BCUT2D eigenvalue weighted by Gasteiger charge is 2.31. The van der Waals surface area contributed by atoms with Gasteiger partial charge in [0.15, 0.2) is 0 Å². The maximum absolute atomic E-state index is 12.7. The molecule has 0 saturated carbocycles. The third-order valence-electron chi connectivity index (χ3n) is 3.08. The van der Waals surface area contributed by atoms with E-state index in [1.807, 2.05) is 18.7 Å². The number of alkyl halides is 4. The van der Waals surface area contributed by atoms with Gasteiger partial charge in [0.2, 0.25) is 0 Å². The van der Waals surface area contributed by atoms with Gasteiger partial charge in [0.05, 0.1) is 5.56 Å². The number of anilines is 1. The molecule has 0 radical (unpaired) electrons. The Labute approximate surface area is 120 Å². The summed E-state index contributed by atoms with van der Waals surface area (Å²) in [6.07, 6.45) is -1.35. The third-order valence-corrected chi connectivity index (χ3v) is 3.43. The molecule has 1 heterocycles. The van der Waals surface area contributed by atoms with Gasteiger partial charge < -0.3 is 4.90 Å². The van der Waals surface area contributed by atoms with Gasteiger partial charge in [-0.3, -0.25) is 0 Å². The van der Waals surface area contributed by atoms with E-state index in [-0.39, 0.29) is 6.04 Å². The van der Waals surface area contributed by atoms with E-state index in [0.29, 0.717) is 17.7 Å². The highest BCUT2D eigenvalue weighted by Crippen LogP contribution is 2.31. The van der Waals surface area contributed by atoms with Crippen molar-refractivity contribution < 1.29 is 13.2 Å². The summed E-state index contributed by atoms with van der Waals surface area (Å²) in [5, 5.41) is 0.696. The number of halogens is 4. The minimum absolute atomic E-state index is 0.202. The van der Waals surface area contributed by atoms with Crippen LogP contribution in [0.4, 0.5) is 19.0 Å². The standard InChI is InChI=1S/C13H18BrF3N2/c1-3-11(4-2)19(8-6-14)12-9-10(5-7-18-12)13(15,16)17/h5,7,9,11H,3-4,6,8H2,1-2H3. The molecule has 0 aliphatic carbocycles. The van der Waals surface area contributed by atoms with Crippen LogP contribution in [0.15, 0.2) is 18.3 Å². The molecule has 0 aliphatic heterocycles. The Hall–Kier alpha value is -0.780. The molecule has 1 rings (SSSR count). The summed E-state index contributed by atoms with van der Waals surface area (Å²) in [5.41, 5.74) is -0.650. The van der Waals surface area contributed by atoms with Gasteiger partial charge >= 0.3 is 6.18 Å². The van der Waals surface area contributed by atoms with Gasteiger partial charge in [-0.15, -0.1) is 0 Å². The van der Waals surface area contributed by atoms with Crippen LogP contribution >= 0.6 is 15.9 Å². The van der Waals surface area contributed by atoms with Crippen molar-refractivity contribution in [3.8, 4) is 0 Å². The monoisotopic (exact) mass is 338 g/mol. The molecule has 0 atom stereocenters. The Morgan fingerprint density at radius 1 is 1.32 bits per heavy atom. The first kappa shape index (κ1) is 16.3. The van der Waals surface area contributed by atoms with Crippen LogP contribution in [-0.2, 0) is 6.18 Å². The van der Waals surface area contributed by atoms with Crippen molar-refractivity contribution >= 4 is 21.7 Å². The molecular weight excluding hydrogens is 321 g/mol. The summed E-state index contributed by atoms with van der Waals surface area (Å²) >= 11 is 3.34. The van der Waals surface area contributed by atoms with Crippen LogP contribution < -0.4 is 4.90 Å². The van der Waals surface area contributed by atoms with Crippen molar-refractivity contribution in [3.05, 3.63) is 23.9 Å². The minimum Gasteiger partial charge on any atom is -0.353 e. The summed E-state index contributed by atoms with van der Waals surface area (Å²) in [6, 6.07) is 2.33. The SMILES string of the molecule is CCC(CC)N(CCBr)c1cc(C(F)(F)F)ccn1. The van der Waals surface area contributed by atoms with E-state index in [1.165, 1.54) is 6.20 Å². The first-order chi connectivity index (χ1) is 8.93. The summed E-state index contributed by atoms with van der Waals surface area (Å²) in [4.78, 5) is 6.03. The minimum atomic E-state index is -4.33. The van der Waals surface area contributed by atoms with Crippen molar-refractivity contribution in [2.75, 3.05) is 16.8 Å². The molecule has 0 fully saturated rings. The van der Waals surface area contributed by atoms with Gasteiger partial charge in [-0.05, 0) is 25.0 Å². The van der Waals surface area contributed by atoms with Crippen LogP contribution in [-0.4, -0.2) is 22.9 Å². The van der Waals surface area contributed by atoms with Crippen LogP contribution in [0.3, 0.4) is 0 Å². The van der Waals surface area contributed by atoms with Crippen LogP contribution in [0.25, 0.3) is 0 Å². The molecule has 108 valence electrons. The Balaban J connectivity index is 3.09. The van der Waals surface area contributed by atoms with E-state index in [2.05, 4.69) is 20.9 Å². The van der Waals surface area contributed by atoms with Gasteiger partial charge in [0.25, 0.3) is 0 Å². The molecule has 0 bridgehead atoms. The first-order valence-electron chi connectivity index (χ1n) is 6.29. The van der Waals surface area contributed by atoms with Crippen molar-refractivity contribution in [1.82, 2.24) is 4.98 Å². The molecule has 0 aromatic carbocycles. The molecular formula is C13H18BrF3N2. The maximum Gasteiger partial charge on any atom is 0.416 e. The zero-order valence-electron chi connectivity index (χ0n) is 11.0. The lowest BCUT2D eigenvalue weighted by molar-refractivity contribution is -0.137. The number of hydrogen-bond acceptors (Lipinski definition) is 2. The van der Waals surface area contributed by atoms with Crippen LogP contribution in [0, 0.1) is 0 Å². The highest BCUT2D eigenvalue weighted by atomic mass is 79.9. The Bertz CT molecular complexity index is 392. The topological polar surface area (TPSA) is 16.1 Å². The van der Waals surface area contributed by atoms with Crippen molar-refractivity contribution in [2.45, 2.75) is 38.9 Å². The van der Waals surface area contributed by atoms with Gasteiger partial charge in [-0.2, -0.15) is 13.2 Å². The van der Waals surface area contributed by atoms with Gasteiger partial charge in [-0.25, -0.2) is 4.98 Å². The van der Waals surface area contributed by atoms with E-state index in [1.54, 1.807) is 0 Å². The maximum atomic E-state index is 12.7. The molecule has 0 saturated heterocycles. The molecule has 0 amide bonds. The number of aromatic nitrogens is 1. The molecule has 6 heteroatoms. The molecule has 0 N–H and O–H groups in total. The van der Waals surface area contributed by atoms with Crippen molar-refractivity contribution in [2.24, 2.45) is 0 Å². The van der Waals surface area contributed by atoms with Gasteiger partial charge in [0, 0.05) is 24.1 Å². The lowest BCUT2D eigenvalue weighted by Gasteiger charge is -2.31. The van der Waals surface area contributed by atoms with Gasteiger partial charge in [0.1, 0.15) is 5.82 Å². The molecule has 0 aliphatic rings. The quantitative estimate of drug-likeness (QED) is 0.710. The lowest BCUT2D eigenvalue weighted by Crippen LogP contribution is -2.36. The molecule has 0 spiro atoms. The first-order valence-corrected chi connectivity index (χ1v) is 7.42. The largest absolute Gasteiger partial charge is 0.416 e. The molecule has 1 aromatic rings. The Morgan fingerprint density at radius 3 is 2.42 bits per heavy atom. The third kappa shape index (κ3) is 4.37. The van der Waals surface area contributed by atoms with Gasteiger partial charge in [-0.1, -0.05) is 29.8 Å². The summed E-state index contributed by atoms with van der Waals surface area (Å²) in [7, 11) is 0. The summed E-state index contributed by atoms with van der Waals surface area (Å²) < 4.78 is 38.2. The van der Waals surface area contributed by atoms with Crippen LogP contribution in [0.1, 0.15) is 32.3 Å². The zero-order valence-corrected chi connectivity index (χ0v) is 12.6. The fourth-order valence-corrected chi connectivity index (χ4v) is 2.44. The molecule has 2 nitrogen and oxygen atoms in total. The second-order valence-electron chi connectivity index (χ2n) is 4.25. The molecule has 19 heavy (non-hydrogen) atoms. The van der Waals surface area contributed by atoms with E-state index < -0.39 is 11.7 Å². The predicted molar refractivity (Wildman–Crippen MR) is 74.7 cm³/mol. The van der Waals surface area contributed by atoms with Crippen LogP contribution in [0.5, 0.6) is 0 Å². The van der Waals surface area contributed by atoms with Crippen molar-refractivity contribution in [3.63, 3.8) is 0 Å². The fourth-order valence-electron chi connectivity index (χ4n) is 2.06. The number of nitrogens with zero attached hydrogens (tertiary/aromatic N) is 2. The zero-order chi connectivity index (χ0) is 14.5. The second-order valence-corrected chi connectivity index (χ2v) is 5.05. The normalized spacial score (nSPS) is 11.9. The van der Waals surface area contributed by atoms with Crippen molar-refractivity contribution in [1.29, 1.82) is 0 Å². The predicted octanol–water partition coefficient (Wildman–Crippen LogP) is 4.49. The highest BCUT2D eigenvalue weighted by molar-refractivity contribution is 9.09. The number of pyridine rings is 1. The smallest absolute Gasteiger partial charge is 0.353 e. The number of rotatable bonds is 6. The number of hydrogen-bond donors (Lipinski definition) is 0. The summed E-state index contributed by atoms with van der Waals surface area (Å²) in [5.74, 6) is 0.392.